The first-order valence-electron chi connectivity index (χ1n) is 10.1. The first-order valence-corrected chi connectivity index (χ1v) is 10.1. The number of hydrogen-bond acceptors (Lipinski definition) is 6. The number of Topliss-reactive ketones (excluding diaryl/α,β-unsaturated/α-hetero) is 1. The molecule has 1 N–H and O–H groups in total. The van der Waals surface area contributed by atoms with Gasteiger partial charge in [-0.3, -0.25) is 9.59 Å². The van der Waals surface area contributed by atoms with Gasteiger partial charge in [-0.05, 0) is 69.1 Å². The Bertz CT molecular complexity index is 777. The van der Waals surface area contributed by atoms with Crippen molar-refractivity contribution in [1.82, 2.24) is 5.32 Å². The molecule has 2 fully saturated rings. The highest BCUT2D eigenvalue weighted by molar-refractivity contribution is 5.94. The monoisotopic (exact) mass is 403 g/mol. The van der Waals surface area contributed by atoms with E-state index in [1.807, 2.05) is 6.92 Å². The number of esters is 1. The minimum atomic E-state index is -0.648. The number of ether oxygens (including phenoxy) is 3. The largest absolute Gasteiger partial charge is 0.493 e. The zero-order valence-corrected chi connectivity index (χ0v) is 17.2. The average molecular weight is 403 g/mol. The van der Waals surface area contributed by atoms with Crippen LogP contribution >= 0.6 is 0 Å². The number of carbonyl (C=O) groups is 3. The maximum Gasteiger partial charge on any atom is 0.344 e. The second kappa shape index (κ2) is 9.29. The van der Waals surface area contributed by atoms with Crippen molar-refractivity contribution in [2.75, 3.05) is 20.3 Å². The molecule has 0 spiro atoms. The predicted molar refractivity (Wildman–Crippen MR) is 106 cm³/mol. The predicted octanol–water partition coefficient (Wildman–Crippen LogP) is 2.76. The standard InChI is InChI=1S/C22H29NO6/c1-13(18-9-15-4-5-17(18)8-15)23-21(25)11-29-22(26)12-28-19-7-6-16(14(2)24)10-20(19)27-3/h6-7,10,13,15,17-18H,4-5,8-9,11-12H2,1-3H3,(H,23,25)/t13-,15-,17-,18+/m1/s1. The van der Waals surface area contributed by atoms with Gasteiger partial charge in [-0.2, -0.15) is 0 Å². The van der Waals surface area contributed by atoms with Gasteiger partial charge in [0.15, 0.2) is 30.5 Å². The SMILES string of the molecule is COc1cc(C(C)=O)ccc1OCC(=O)OCC(=O)N[C@H](C)[C@@H]1C[C@@H]2CC[C@@H]1C2. The van der Waals surface area contributed by atoms with Gasteiger partial charge in [0, 0.05) is 11.6 Å². The number of amides is 1. The Morgan fingerprint density at radius 3 is 2.55 bits per heavy atom. The van der Waals surface area contributed by atoms with Gasteiger partial charge >= 0.3 is 5.97 Å². The lowest BCUT2D eigenvalue weighted by Gasteiger charge is -2.28. The third kappa shape index (κ3) is 5.28. The van der Waals surface area contributed by atoms with Crippen molar-refractivity contribution in [3.05, 3.63) is 23.8 Å². The zero-order chi connectivity index (χ0) is 21.0. The van der Waals surface area contributed by atoms with Crippen molar-refractivity contribution in [1.29, 1.82) is 0 Å². The molecule has 1 amide bonds. The molecular formula is C22H29NO6. The minimum absolute atomic E-state index is 0.0943. The van der Waals surface area contributed by atoms with E-state index in [0.29, 0.717) is 23.0 Å². The number of nitrogens with one attached hydrogen (secondary N) is 1. The van der Waals surface area contributed by atoms with Gasteiger partial charge in [-0.15, -0.1) is 0 Å². The van der Waals surface area contributed by atoms with Gasteiger partial charge < -0.3 is 19.5 Å². The summed E-state index contributed by atoms with van der Waals surface area (Å²) in [4.78, 5) is 35.5. The molecule has 2 saturated carbocycles. The molecule has 2 bridgehead atoms. The van der Waals surface area contributed by atoms with Crippen molar-refractivity contribution < 1.29 is 28.6 Å². The van der Waals surface area contributed by atoms with Crippen LogP contribution in [0, 0.1) is 17.8 Å². The molecule has 3 rings (SSSR count). The number of hydrogen-bond donors (Lipinski definition) is 1. The van der Waals surface area contributed by atoms with Crippen LogP contribution in [-0.4, -0.2) is 44.0 Å². The summed E-state index contributed by atoms with van der Waals surface area (Å²) < 4.78 is 15.6. The van der Waals surface area contributed by atoms with Crippen molar-refractivity contribution in [2.24, 2.45) is 17.8 Å². The van der Waals surface area contributed by atoms with E-state index < -0.39 is 5.97 Å². The summed E-state index contributed by atoms with van der Waals surface area (Å²) in [6, 6.07) is 4.80. The Morgan fingerprint density at radius 2 is 1.93 bits per heavy atom. The molecule has 2 aliphatic carbocycles. The van der Waals surface area contributed by atoms with Gasteiger partial charge in [0.25, 0.3) is 5.91 Å². The number of fused-ring (bicyclic) bond motifs is 2. The van der Waals surface area contributed by atoms with Gasteiger partial charge in [-0.25, -0.2) is 4.79 Å². The summed E-state index contributed by atoms with van der Waals surface area (Å²) in [5.74, 6) is 1.70. The average Bonchev–Trinajstić information content (AvgIpc) is 3.34. The highest BCUT2D eigenvalue weighted by atomic mass is 16.6. The van der Waals surface area contributed by atoms with Crippen molar-refractivity contribution in [3.8, 4) is 11.5 Å². The Hall–Kier alpha value is -2.57. The molecule has 0 heterocycles. The maximum atomic E-state index is 12.1. The fourth-order valence-corrected chi connectivity index (χ4v) is 4.64. The summed E-state index contributed by atoms with van der Waals surface area (Å²) in [7, 11) is 1.45. The molecule has 158 valence electrons. The Labute approximate surface area is 171 Å². The summed E-state index contributed by atoms with van der Waals surface area (Å²) in [6.45, 7) is 2.81. The van der Waals surface area contributed by atoms with Gasteiger partial charge in [0.2, 0.25) is 0 Å². The van der Waals surface area contributed by atoms with E-state index in [2.05, 4.69) is 5.32 Å². The van der Waals surface area contributed by atoms with Crippen LogP contribution in [0.3, 0.4) is 0 Å². The number of benzene rings is 1. The molecule has 0 radical (unpaired) electrons. The number of methoxy groups -OCH3 is 1. The molecule has 1 aromatic carbocycles. The molecular weight excluding hydrogens is 374 g/mol. The molecule has 29 heavy (non-hydrogen) atoms. The molecule has 2 aliphatic rings. The van der Waals surface area contributed by atoms with Crippen LogP contribution in [0.4, 0.5) is 0 Å². The molecule has 1 aromatic rings. The number of rotatable bonds is 9. The topological polar surface area (TPSA) is 90.9 Å². The molecule has 7 heteroatoms. The van der Waals surface area contributed by atoms with E-state index in [1.165, 1.54) is 39.7 Å². The molecule has 0 unspecified atom stereocenters. The number of ketones is 1. The quantitative estimate of drug-likeness (QED) is 0.504. The van der Waals surface area contributed by atoms with Gasteiger partial charge in [-0.1, -0.05) is 6.42 Å². The highest BCUT2D eigenvalue weighted by Crippen LogP contribution is 2.49. The highest BCUT2D eigenvalue weighted by Gasteiger charge is 2.42. The molecule has 0 aromatic heterocycles. The summed E-state index contributed by atoms with van der Waals surface area (Å²) in [5, 5.41) is 2.96. The zero-order valence-electron chi connectivity index (χ0n) is 17.2. The molecule has 0 saturated heterocycles. The first-order chi connectivity index (χ1) is 13.9. The molecule has 4 atom stereocenters. The Balaban J connectivity index is 1.40. The second-order valence-corrected chi connectivity index (χ2v) is 8.07. The Kier molecular flexibility index (Phi) is 6.77. The van der Waals surface area contributed by atoms with E-state index in [-0.39, 0.29) is 30.9 Å². The number of carbonyl (C=O) groups excluding carboxylic acids is 3. The van der Waals surface area contributed by atoms with Crippen LogP contribution in [0.25, 0.3) is 0 Å². The summed E-state index contributed by atoms with van der Waals surface area (Å²) >= 11 is 0. The van der Waals surface area contributed by atoms with Crippen molar-refractivity contribution in [3.63, 3.8) is 0 Å². The van der Waals surface area contributed by atoms with Crippen LogP contribution in [0.2, 0.25) is 0 Å². The van der Waals surface area contributed by atoms with Crippen LogP contribution in [0.15, 0.2) is 18.2 Å². The van der Waals surface area contributed by atoms with Gasteiger partial charge in [0.1, 0.15) is 0 Å². The van der Waals surface area contributed by atoms with Crippen LogP contribution in [0.1, 0.15) is 49.9 Å². The first kappa shape index (κ1) is 21.1. The van der Waals surface area contributed by atoms with E-state index >= 15 is 0 Å². The smallest absolute Gasteiger partial charge is 0.344 e. The molecule has 0 aliphatic heterocycles. The lowest BCUT2D eigenvalue weighted by Crippen LogP contribution is -2.42. The third-order valence-electron chi connectivity index (χ3n) is 6.10. The van der Waals surface area contributed by atoms with Crippen LogP contribution < -0.4 is 14.8 Å². The molecule has 7 nitrogen and oxygen atoms in total. The van der Waals surface area contributed by atoms with E-state index in [1.54, 1.807) is 18.2 Å². The minimum Gasteiger partial charge on any atom is -0.493 e. The lowest BCUT2D eigenvalue weighted by molar-refractivity contribution is -0.150. The lowest BCUT2D eigenvalue weighted by atomic mass is 9.84. The van der Waals surface area contributed by atoms with Crippen LogP contribution in [-0.2, 0) is 14.3 Å². The van der Waals surface area contributed by atoms with Crippen molar-refractivity contribution >= 4 is 17.7 Å². The van der Waals surface area contributed by atoms with E-state index in [0.717, 1.165) is 11.8 Å². The van der Waals surface area contributed by atoms with E-state index in [4.69, 9.17) is 14.2 Å². The fourth-order valence-electron chi connectivity index (χ4n) is 4.64. The fraction of sp³-hybridized carbons (Fsp3) is 0.591. The second-order valence-electron chi connectivity index (χ2n) is 8.07. The van der Waals surface area contributed by atoms with Crippen molar-refractivity contribution in [2.45, 2.75) is 45.6 Å². The Morgan fingerprint density at radius 1 is 1.14 bits per heavy atom. The maximum absolute atomic E-state index is 12.1. The third-order valence-corrected chi connectivity index (χ3v) is 6.10. The van der Waals surface area contributed by atoms with Gasteiger partial charge in [0.05, 0.1) is 7.11 Å². The van der Waals surface area contributed by atoms with Crippen LogP contribution in [0.5, 0.6) is 11.5 Å². The summed E-state index contributed by atoms with van der Waals surface area (Å²) in [6.07, 6.45) is 5.05. The van der Waals surface area contributed by atoms with E-state index in [9.17, 15) is 14.4 Å². The normalized spacial score (nSPS) is 23.3. The summed E-state index contributed by atoms with van der Waals surface area (Å²) in [5.41, 5.74) is 0.484.